The number of hydrogen-bond acceptors (Lipinski definition) is 5. The third-order valence-electron chi connectivity index (χ3n) is 2.97. The molecule has 0 aliphatic heterocycles. The Bertz CT molecular complexity index is 364. The lowest BCUT2D eigenvalue weighted by atomic mass is 10.1. The normalized spacial score (nSPS) is 10.7. The highest BCUT2D eigenvalue weighted by Crippen LogP contribution is 2.18. The molecular weight excluding hydrogens is 242 g/mol. The molecule has 0 bridgehead atoms. The van der Waals surface area contributed by atoms with E-state index in [-0.39, 0.29) is 0 Å². The van der Waals surface area contributed by atoms with E-state index in [0.29, 0.717) is 19.8 Å². The summed E-state index contributed by atoms with van der Waals surface area (Å²) in [7, 11) is 3.41. The number of nitrogens with two attached hydrogens (primary N) is 1. The van der Waals surface area contributed by atoms with Gasteiger partial charge < -0.3 is 20.1 Å². The maximum atomic E-state index is 5.57. The van der Waals surface area contributed by atoms with E-state index >= 15 is 0 Å². The number of methoxy groups -OCH3 is 2. The van der Waals surface area contributed by atoms with Gasteiger partial charge in [-0.25, -0.2) is 4.98 Å². The highest BCUT2D eigenvalue weighted by atomic mass is 16.5. The van der Waals surface area contributed by atoms with Crippen molar-refractivity contribution in [2.24, 2.45) is 5.73 Å². The molecule has 0 atom stereocenters. The molecule has 5 nitrogen and oxygen atoms in total. The van der Waals surface area contributed by atoms with Gasteiger partial charge in [0.15, 0.2) is 0 Å². The molecule has 2 N–H and O–H groups in total. The van der Waals surface area contributed by atoms with Crippen LogP contribution in [0.5, 0.6) is 0 Å². The summed E-state index contributed by atoms with van der Waals surface area (Å²) in [5, 5.41) is 0. The molecule has 19 heavy (non-hydrogen) atoms. The molecule has 5 heteroatoms. The first-order valence-corrected chi connectivity index (χ1v) is 6.61. The highest BCUT2D eigenvalue weighted by Gasteiger charge is 2.11. The number of pyridine rings is 1. The summed E-state index contributed by atoms with van der Waals surface area (Å²) >= 11 is 0. The van der Waals surface area contributed by atoms with E-state index in [9.17, 15) is 0 Å². The highest BCUT2D eigenvalue weighted by molar-refractivity contribution is 5.47. The summed E-state index contributed by atoms with van der Waals surface area (Å²) in [5.41, 5.74) is 7.92. The maximum absolute atomic E-state index is 5.57. The van der Waals surface area contributed by atoms with Crippen LogP contribution in [0.1, 0.15) is 11.1 Å². The van der Waals surface area contributed by atoms with Gasteiger partial charge in [-0.2, -0.15) is 0 Å². The summed E-state index contributed by atoms with van der Waals surface area (Å²) in [6.07, 6.45) is 2.77. The molecule has 0 aromatic carbocycles. The Hall–Kier alpha value is -1.17. The zero-order valence-electron chi connectivity index (χ0n) is 12.2. The van der Waals surface area contributed by atoms with Crippen molar-refractivity contribution < 1.29 is 9.47 Å². The topological polar surface area (TPSA) is 60.6 Å². The van der Waals surface area contributed by atoms with Crippen molar-refractivity contribution in [3.8, 4) is 0 Å². The molecule has 108 valence electrons. The molecule has 0 aliphatic rings. The number of aryl methyl sites for hydroxylation is 1. The molecule has 0 unspecified atom stereocenters. The van der Waals surface area contributed by atoms with Crippen molar-refractivity contribution in [1.82, 2.24) is 4.98 Å². The van der Waals surface area contributed by atoms with Gasteiger partial charge in [-0.1, -0.05) is 6.07 Å². The quantitative estimate of drug-likeness (QED) is 0.723. The summed E-state index contributed by atoms with van der Waals surface area (Å²) < 4.78 is 10.3. The van der Waals surface area contributed by atoms with E-state index in [1.165, 1.54) is 5.56 Å². The first-order chi connectivity index (χ1) is 9.22. The van der Waals surface area contributed by atoms with Crippen molar-refractivity contribution in [2.45, 2.75) is 13.3 Å². The first kappa shape index (κ1) is 15.9. The molecule has 0 saturated carbocycles. The van der Waals surface area contributed by atoms with E-state index in [4.69, 9.17) is 15.2 Å². The van der Waals surface area contributed by atoms with Crippen LogP contribution in [-0.2, 0) is 15.9 Å². The third-order valence-corrected chi connectivity index (χ3v) is 2.97. The maximum Gasteiger partial charge on any atom is 0.131 e. The van der Waals surface area contributed by atoms with Crippen LogP contribution in [0.3, 0.4) is 0 Å². The molecule has 0 amide bonds. The second-order valence-corrected chi connectivity index (χ2v) is 4.50. The van der Waals surface area contributed by atoms with Gasteiger partial charge in [-0.05, 0) is 31.0 Å². The average molecular weight is 267 g/mol. The van der Waals surface area contributed by atoms with Gasteiger partial charge in [0.2, 0.25) is 0 Å². The van der Waals surface area contributed by atoms with Crippen molar-refractivity contribution in [2.75, 3.05) is 52.0 Å². The Kier molecular flexibility index (Phi) is 7.40. The second kappa shape index (κ2) is 8.85. The molecule has 1 rings (SSSR count). The van der Waals surface area contributed by atoms with Crippen LogP contribution in [0.25, 0.3) is 0 Å². The Morgan fingerprint density at radius 3 is 2.32 bits per heavy atom. The van der Waals surface area contributed by atoms with E-state index in [2.05, 4.69) is 22.9 Å². The van der Waals surface area contributed by atoms with Crippen molar-refractivity contribution in [1.29, 1.82) is 0 Å². The molecule has 1 heterocycles. The zero-order chi connectivity index (χ0) is 14.1. The number of ether oxygens (including phenoxy) is 2. The predicted molar refractivity (Wildman–Crippen MR) is 77.7 cm³/mol. The fraction of sp³-hybridized carbons (Fsp3) is 0.643. The van der Waals surface area contributed by atoms with Gasteiger partial charge in [0.1, 0.15) is 5.82 Å². The Morgan fingerprint density at radius 1 is 1.21 bits per heavy atom. The predicted octanol–water partition coefficient (Wildman–Crippen LogP) is 0.990. The Labute approximate surface area is 115 Å². The van der Waals surface area contributed by atoms with Gasteiger partial charge in [0, 0.05) is 33.5 Å². The molecule has 0 aliphatic carbocycles. The lowest BCUT2D eigenvalue weighted by Gasteiger charge is -2.25. The Morgan fingerprint density at radius 2 is 1.84 bits per heavy atom. The summed E-state index contributed by atoms with van der Waals surface area (Å²) in [6, 6.07) is 2.15. The summed E-state index contributed by atoms with van der Waals surface area (Å²) in [4.78, 5) is 6.75. The van der Waals surface area contributed by atoms with Crippen LogP contribution in [0.15, 0.2) is 12.3 Å². The van der Waals surface area contributed by atoms with Crippen LogP contribution in [-0.4, -0.2) is 52.1 Å². The van der Waals surface area contributed by atoms with E-state index < -0.39 is 0 Å². The van der Waals surface area contributed by atoms with Gasteiger partial charge in [0.05, 0.1) is 13.2 Å². The minimum atomic E-state index is 0.650. The standard InChI is InChI=1S/C14H25N3O2/c1-12-10-13(4-5-15)11-16-14(12)17(6-8-18-2)7-9-19-3/h10-11H,4-9,15H2,1-3H3. The molecule has 0 saturated heterocycles. The smallest absolute Gasteiger partial charge is 0.131 e. The van der Waals surface area contributed by atoms with Gasteiger partial charge in [-0.3, -0.25) is 0 Å². The van der Waals surface area contributed by atoms with Crippen molar-refractivity contribution in [3.05, 3.63) is 23.4 Å². The number of hydrogen-bond donors (Lipinski definition) is 1. The van der Waals surface area contributed by atoms with Crippen molar-refractivity contribution >= 4 is 5.82 Å². The fourth-order valence-corrected chi connectivity index (χ4v) is 1.99. The second-order valence-electron chi connectivity index (χ2n) is 4.50. The van der Waals surface area contributed by atoms with Gasteiger partial charge in [0.25, 0.3) is 0 Å². The van der Waals surface area contributed by atoms with E-state index in [1.54, 1.807) is 14.2 Å². The molecule has 0 fully saturated rings. The largest absolute Gasteiger partial charge is 0.383 e. The third kappa shape index (κ3) is 5.14. The minimum absolute atomic E-state index is 0.650. The average Bonchev–Trinajstić information content (AvgIpc) is 2.40. The minimum Gasteiger partial charge on any atom is -0.383 e. The number of rotatable bonds is 9. The number of anilines is 1. The van der Waals surface area contributed by atoms with E-state index in [1.807, 2.05) is 6.20 Å². The number of nitrogens with zero attached hydrogens (tertiary/aromatic N) is 2. The van der Waals surface area contributed by atoms with Crippen LogP contribution in [0, 0.1) is 6.92 Å². The molecule has 0 spiro atoms. The number of aromatic nitrogens is 1. The molecule has 1 aromatic rings. The van der Waals surface area contributed by atoms with Gasteiger partial charge >= 0.3 is 0 Å². The van der Waals surface area contributed by atoms with Crippen LogP contribution >= 0.6 is 0 Å². The molecular formula is C14H25N3O2. The van der Waals surface area contributed by atoms with Crippen LogP contribution in [0.4, 0.5) is 5.82 Å². The SMILES string of the molecule is COCCN(CCOC)c1ncc(CCN)cc1C. The molecule has 1 aromatic heterocycles. The monoisotopic (exact) mass is 267 g/mol. The van der Waals surface area contributed by atoms with Crippen LogP contribution < -0.4 is 10.6 Å². The fourth-order valence-electron chi connectivity index (χ4n) is 1.99. The molecule has 0 radical (unpaired) electrons. The lowest BCUT2D eigenvalue weighted by Crippen LogP contribution is -2.32. The first-order valence-electron chi connectivity index (χ1n) is 6.61. The van der Waals surface area contributed by atoms with E-state index in [0.717, 1.165) is 30.9 Å². The Balaban J connectivity index is 2.81. The van der Waals surface area contributed by atoms with Gasteiger partial charge in [-0.15, -0.1) is 0 Å². The zero-order valence-corrected chi connectivity index (χ0v) is 12.2. The van der Waals surface area contributed by atoms with Crippen LogP contribution in [0.2, 0.25) is 0 Å². The summed E-state index contributed by atoms with van der Waals surface area (Å²) in [6.45, 7) is 5.70. The van der Waals surface area contributed by atoms with Crippen molar-refractivity contribution in [3.63, 3.8) is 0 Å². The summed E-state index contributed by atoms with van der Waals surface area (Å²) in [5.74, 6) is 0.995. The lowest BCUT2D eigenvalue weighted by molar-refractivity contribution is 0.190.